The van der Waals surface area contributed by atoms with Gasteiger partial charge in [0, 0.05) is 0 Å². The summed E-state index contributed by atoms with van der Waals surface area (Å²) < 4.78 is 10.8. The molecule has 3 aromatic carbocycles. The number of ether oxygens (including phenoxy) is 2. The van der Waals surface area contributed by atoms with Crippen molar-refractivity contribution >= 4 is 12.1 Å². The molecule has 6 nitrogen and oxygen atoms in total. The van der Waals surface area contributed by atoms with E-state index in [2.05, 4.69) is 10.5 Å². The molecule has 0 saturated carbocycles. The quantitative estimate of drug-likeness (QED) is 0.445. The summed E-state index contributed by atoms with van der Waals surface area (Å²) in [5, 5.41) is 15.4. The number of hydrazone groups is 1. The number of aliphatic hydroxyl groups is 1. The van der Waals surface area contributed by atoms with E-state index in [4.69, 9.17) is 9.47 Å². The lowest BCUT2D eigenvalue weighted by atomic mass is 9.85. The van der Waals surface area contributed by atoms with Crippen LogP contribution in [0.15, 0.2) is 84.0 Å². The summed E-state index contributed by atoms with van der Waals surface area (Å²) in [5.41, 5.74) is 2.19. The Morgan fingerprint density at radius 3 is 2.13 bits per heavy atom. The highest BCUT2D eigenvalue weighted by atomic mass is 16.5. The summed E-state index contributed by atoms with van der Waals surface area (Å²) in [5.74, 6) is 0.538. The molecule has 2 N–H and O–H groups in total. The van der Waals surface area contributed by atoms with Crippen LogP contribution in [-0.2, 0) is 10.4 Å². The van der Waals surface area contributed by atoms with Gasteiger partial charge in [0.25, 0.3) is 5.91 Å². The van der Waals surface area contributed by atoms with Crippen LogP contribution in [0.25, 0.3) is 0 Å². The highest BCUT2D eigenvalue weighted by molar-refractivity contribution is 5.91. The number of rotatable bonds is 8. The van der Waals surface area contributed by atoms with E-state index in [1.165, 1.54) is 6.21 Å². The predicted octanol–water partition coefficient (Wildman–Crippen LogP) is 3.48. The minimum Gasteiger partial charge on any atom is -0.493 e. The van der Waals surface area contributed by atoms with Crippen LogP contribution in [0.2, 0.25) is 0 Å². The first kappa shape index (κ1) is 21.1. The molecule has 0 atom stereocenters. The summed E-state index contributed by atoms with van der Waals surface area (Å²) in [6.07, 6.45) is 1.48. The molecule has 1 amide bonds. The molecule has 30 heavy (non-hydrogen) atoms. The Balaban J connectivity index is 1.85. The highest BCUT2D eigenvalue weighted by Gasteiger charge is 2.39. The lowest BCUT2D eigenvalue weighted by Crippen LogP contribution is -2.43. The second kappa shape index (κ2) is 9.71. The zero-order valence-corrected chi connectivity index (χ0v) is 16.9. The average molecular weight is 404 g/mol. The van der Waals surface area contributed by atoms with Crippen LogP contribution in [0.3, 0.4) is 0 Å². The SMILES string of the molecule is CCOc1cc(C=NNC(=O)C(O)(c2ccccc2)c2ccccc2)ccc1OC. The molecule has 0 saturated heterocycles. The number of carbonyl (C=O) groups is 1. The standard InChI is InChI=1S/C24H24N2O4/c1-3-30-22-16-18(14-15-21(22)29-2)17-25-26-23(27)24(28,19-10-6-4-7-11-19)20-12-8-5-9-13-20/h4-17,28H,3H2,1-2H3,(H,26,27). The minimum atomic E-state index is -1.88. The highest BCUT2D eigenvalue weighted by Crippen LogP contribution is 2.30. The molecule has 0 aliphatic rings. The second-order valence-electron chi connectivity index (χ2n) is 6.48. The first-order valence-electron chi connectivity index (χ1n) is 9.57. The zero-order valence-electron chi connectivity index (χ0n) is 16.9. The van der Waals surface area contributed by atoms with Crippen molar-refractivity contribution in [2.24, 2.45) is 5.10 Å². The van der Waals surface area contributed by atoms with Crippen molar-refractivity contribution in [3.05, 3.63) is 95.6 Å². The normalized spacial score (nSPS) is 11.3. The van der Waals surface area contributed by atoms with Gasteiger partial charge in [-0.3, -0.25) is 4.79 Å². The molecule has 0 spiro atoms. The Labute approximate surface area is 175 Å². The Morgan fingerprint density at radius 1 is 1.00 bits per heavy atom. The van der Waals surface area contributed by atoms with Gasteiger partial charge in [0.1, 0.15) is 0 Å². The van der Waals surface area contributed by atoms with Crippen molar-refractivity contribution in [3.8, 4) is 11.5 Å². The molecule has 0 aliphatic heterocycles. The molecule has 6 heteroatoms. The molecule has 3 rings (SSSR count). The van der Waals surface area contributed by atoms with E-state index >= 15 is 0 Å². The Hall–Kier alpha value is -3.64. The van der Waals surface area contributed by atoms with Crippen LogP contribution in [0.1, 0.15) is 23.6 Å². The summed E-state index contributed by atoms with van der Waals surface area (Å²) in [6.45, 7) is 2.38. The molecular weight excluding hydrogens is 380 g/mol. The summed E-state index contributed by atoms with van der Waals surface area (Å²) in [4.78, 5) is 13.0. The molecule has 0 aliphatic carbocycles. The molecule has 0 bridgehead atoms. The van der Waals surface area contributed by atoms with Gasteiger partial charge in [0.2, 0.25) is 0 Å². The lowest BCUT2D eigenvalue weighted by molar-refractivity contribution is -0.136. The van der Waals surface area contributed by atoms with Gasteiger partial charge in [-0.05, 0) is 41.8 Å². The van der Waals surface area contributed by atoms with Gasteiger partial charge < -0.3 is 14.6 Å². The first-order valence-corrected chi connectivity index (χ1v) is 9.57. The van der Waals surface area contributed by atoms with Gasteiger partial charge in [-0.1, -0.05) is 60.7 Å². The van der Waals surface area contributed by atoms with Crippen LogP contribution >= 0.6 is 0 Å². The fraction of sp³-hybridized carbons (Fsp3) is 0.167. The van der Waals surface area contributed by atoms with Crippen molar-refractivity contribution in [1.82, 2.24) is 5.43 Å². The topological polar surface area (TPSA) is 80.2 Å². The van der Waals surface area contributed by atoms with Crippen molar-refractivity contribution < 1.29 is 19.4 Å². The molecular formula is C24H24N2O4. The Kier molecular flexibility index (Phi) is 6.83. The Bertz CT molecular complexity index is 965. The van der Waals surface area contributed by atoms with E-state index in [9.17, 15) is 9.90 Å². The number of nitrogens with zero attached hydrogens (tertiary/aromatic N) is 1. The maximum Gasteiger partial charge on any atom is 0.281 e. The molecule has 0 radical (unpaired) electrons. The van der Waals surface area contributed by atoms with Crippen molar-refractivity contribution in [2.75, 3.05) is 13.7 Å². The number of carbonyl (C=O) groups excluding carboxylic acids is 1. The van der Waals surface area contributed by atoms with Crippen LogP contribution in [-0.4, -0.2) is 30.9 Å². The number of amides is 1. The van der Waals surface area contributed by atoms with Gasteiger partial charge in [0.15, 0.2) is 17.1 Å². The monoisotopic (exact) mass is 404 g/mol. The van der Waals surface area contributed by atoms with Crippen LogP contribution in [0, 0.1) is 0 Å². The number of methoxy groups -OCH3 is 1. The zero-order chi connectivity index (χ0) is 21.4. The Morgan fingerprint density at radius 2 is 1.60 bits per heavy atom. The maximum atomic E-state index is 13.0. The molecule has 0 heterocycles. The second-order valence-corrected chi connectivity index (χ2v) is 6.48. The number of nitrogens with one attached hydrogen (secondary N) is 1. The van der Waals surface area contributed by atoms with E-state index in [-0.39, 0.29) is 0 Å². The first-order chi connectivity index (χ1) is 14.6. The molecule has 154 valence electrons. The van der Waals surface area contributed by atoms with Crippen LogP contribution in [0.5, 0.6) is 11.5 Å². The summed E-state index contributed by atoms with van der Waals surface area (Å²) in [7, 11) is 1.57. The van der Waals surface area contributed by atoms with E-state index in [0.29, 0.717) is 34.8 Å². The van der Waals surface area contributed by atoms with Crippen molar-refractivity contribution in [3.63, 3.8) is 0 Å². The molecule has 0 aromatic heterocycles. The molecule has 0 unspecified atom stereocenters. The van der Waals surface area contributed by atoms with Crippen LogP contribution in [0.4, 0.5) is 0 Å². The van der Waals surface area contributed by atoms with Gasteiger partial charge in [0.05, 0.1) is 19.9 Å². The maximum absolute atomic E-state index is 13.0. The van der Waals surface area contributed by atoms with E-state index in [0.717, 1.165) is 0 Å². The van der Waals surface area contributed by atoms with E-state index in [1.807, 2.05) is 19.1 Å². The molecule has 0 fully saturated rings. The number of hydrogen-bond donors (Lipinski definition) is 2. The minimum absolute atomic E-state index is 0.451. The largest absolute Gasteiger partial charge is 0.493 e. The smallest absolute Gasteiger partial charge is 0.281 e. The van der Waals surface area contributed by atoms with Gasteiger partial charge in [-0.15, -0.1) is 0 Å². The number of benzene rings is 3. The molecule has 3 aromatic rings. The predicted molar refractivity (Wildman–Crippen MR) is 116 cm³/mol. The van der Waals surface area contributed by atoms with E-state index < -0.39 is 11.5 Å². The third-order valence-electron chi connectivity index (χ3n) is 4.58. The van der Waals surface area contributed by atoms with Crippen LogP contribution < -0.4 is 14.9 Å². The average Bonchev–Trinajstić information content (AvgIpc) is 2.80. The van der Waals surface area contributed by atoms with E-state index in [1.54, 1.807) is 73.8 Å². The third kappa shape index (κ3) is 4.50. The fourth-order valence-corrected chi connectivity index (χ4v) is 3.08. The van der Waals surface area contributed by atoms with Gasteiger partial charge in [-0.2, -0.15) is 5.10 Å². The van der Waals surface area contributed by atoms with Gasteiger partial charge in [-0.25, -0.2) is 5.43 Å². The fourth-order valence-electron chi connectivity index (χ4n) is 3.08. The third-order valence-corrected chi connectivity index (χ3v) is 4.58. The van der Waals surface area contributed by atoms with Crippen molar-refractivity contribution in [2.45, 2.75) is 12.5 Å². The summed E-state index contributed by atoms with van der Waals surface area (Å²) in [6, 6.07) is 22.9. The van der Waals surface area contributed by atoms with Crippen molar-refractivity contribution in [1.29, 1.82) is 0 Å². The lowest BCUT2D eigenvalue weighted by Gasteiger charge is -2.27. The number of hydrogen-bond acceptors (Lipinski definition) is 5. The summed E-state index contributed by atoms with van der Waals surface area (Å²) >= 11 is 0. The van der Waals surface area contributed by atoms with Gasteiger partial charge >= 0.3 is 0 Å².